The first-order valence-electron chi connectivity index (χ1n) is 10.5. The SMILES string of the molecule is N#Cc1ccc(NC2CCN(C(=O)OC3C4CC5CC3CC(O)(C5)C4)C2)cc1. The Balaban J connectivity index is 1.16. The lowest BCUT2D eigenvalue weighted by Gasteiger charge is -2.57. The minimum absolute atomic E-state index is 0.0186. The lowest BCUT2D eigenvalue weighted by molar-refractivity contribution is -0.177. The molecule has 6 rings (SSSR count). The maximum atomic E-state index is 12.8. The third-order valence-electron chi connectivity index (χ3n) is 7.22. The molecular formula is C22H27N3O3. The number of carbonyl (C=O) groups is 1. The molecule has 4 bridgehead atoms. The van der Waals surface area contributed by atoms with E-state index in [0.717, 1.165) is 44.2 Å². The van der Waals surface area contributed by atoms with E-state index < -0.39 is 5.60 Å². The largest absolute Gasteiger partial charge is 0.446 e. The van der Waals surface area contributed by atoms with Gasteiger partial charge in [-0.2, -0.15) is 5.26 Å². The number of carbonyl (C=O) groups excluding carboxylic acids is 1. The average Bonchev–Trinajstić information content (AvgIpc) is 3.12. The Hall–Kier alpha value is -2.26. The van der Waals surface area contributed by atoms with E-state index in [1.807, 2.05) is 12.1 Å². The van der Waals surface area contributed by atoms with Crippen molar-refractivity contribution in [3.63, 3.8) is 0 Å². The molecule has 1 aromatic rings. The van der Waals surface area contributed by atoms with Gasteiger partial charge >= 0.3 is 6.09 Å². The molecule has 4 aliphatic carbocycles. The molecule has 28 heavy (non-hydrogen) atoms. The van der Waals surface area contributed by atoms with Crippen LogP contribution in [0.5, 0.6) is 0 Å². The fourth-order valence-corrected chi connectivity index (χ4v) is 6.24. The van der Waals surface area contributed by atoms with Crippen molar-refractivity contribution in [2.75, 3.05) is 18.4 Å². The van der Waals surface area contributed by atoms with Gasteiger partial charge in [-0.1, -0.05) is 0 Å². The fraction of sp³-hybridized carbons (Fsp3) is 0.636. The number of rotatable bonds is 3. The highest BCUT2D eigenvalue weighted by atomic mass is 16.6. The predicted molar refractivity (Wildman–Crippen MR) is 104 cm³/mol. The standard InChI is InChI=1S/C22H27N3O3/c23-12-14-1-3-18(4-2-14)24-19-5-6-25(13-19)21(26)28-20-16-7-15-8-17(20)11-22(27,9-15)10-16/h1-4,15-17,19-20,24,27H,5-11,13H2. The molecule has 1 amide bonds. The molecule has 1 aromatic carbocycles. The Morgan fingerprint density at radius 1 is 1.21 bits per heavy atom. The molecule has 4 saturated carbocycles. The van der Waals surface area contributed by atoms with Crippen LogP contribution < -0.4 is 5.32 Å². The molecule has 5 aliphatic rings. The zero-order chi connectivity index (χ0) is 19.3. The summed E-state index contributed by atoms with van der Waals surface area (Å²) in [5.41, 5.74) is 1.11. The quantitative estimate of drug-likeness (QED) is 0.840. The Labute approximate surface area is 165 Å². The van der Waals surface area contributed by atoms with Crippen LogP contribution in [-0.2, 0) is 4.74 Å². The van der Waals surface area contributed by atoms with Gasteiger partial charge in [-0.25, -0.2) is 4.79 Å². The number of ether oxygens (including phenoxy) is 1. The van der Waals surface area contributed by atoms with Gasteiger partial charge in [-0.3, -0.25) is 0 Å². The van der Waals surface area contributed by atoms with E-state index in [1.165, 1.54) is 0 Å². The smallest absolute Gasteiger partial charge is 0.410 e. The van der Waals surface area contributed by atoms with E-state index in [1.54, 1.807) is 17.0 Å². The second kappa shape index (κ2) is 6.66. The molecule has 0 aromatic heterocycles. The first kappa shape index (κ1) is 17.8. The summed E-state index contributed by atoms with van der Waals surface area (Å²) in [6.07, 6.45) is 5.38. The molecule has 1 aliphatic heterocycles. The summed E-state index contributed by atoms with van der Waals surface area (Å²) in [6.45, 7) is 1.33. The normalized spacial score (nSPS) is 38.3. The second-order valence-corrected chi connectivity index (χ2v) is 9.31. The Morgan fingerprint density at radius 3 is 2.57 bits per heavy atom. The van der Waals surface area contributed by atoms with Crippen molar-refractivity contribution in [3.8, 4) is 6.07 Å². The van der Waals surface area contributed by atoms with Crippen LogP contribution in [0, 0.1) is 29.1 Å². The number of benzene rings is 1. The molecule has 0 radical (unpaired) electrons. The van der Waals surface area contributed by atoms with Crippen LogP contribution in [0.4, 0.5) is 10.5 Å². The molecule has 1 heterocycles. The van der Waals surface area contributed by atoms with Gasteiger partial charge in [0, 0.05) is 24.8 Å². The van der Waals surface area contributed by atoms with Crippen LogP contribution in [-0.4, -0.2) is 46.9 Å². The highest BCUT2D eigenvalue weighted by molar-refractivity contribution is 5.68. The van der Waals surface area contributed by atoms with Gasteiger partial charge in [0.2, 0.25) is 0 Å². The summed E-state index contributed by atoms with van der Waals surface area (Å²) in [6, 6.07) is 9.71. The van der Waals surface area contributed by atoms with Crippen LogP contribution in [0.2, 0.25) is 0 Å². The molecule has 0 spiro atoms. The molecule has 3 atom stereocenters. The predicted octanol–water partition coefficient (Wildman–Crippen LogP) is 3.12. The third kappa shape index (κ3) is 3.22. The Morgan fingerprint density at radius 2 is 1.93 bits per heavy atom. The first-order chi connectivity index (χ1) is 13.5. The zero-order valence-electron chi connectivity index (χ0n) is 16.0. The number of aliphatic hydroxyl groups is 1. The summed E-state index contributed by atoms with van der Waals surface area (Å²) in [7, 11) is 0. The number of nitrogens with one attached hydrogen (secondary N) is 1. The van der Waals surface area contributed by atoms with Crippen LogP contribution in [0.1, 0.15) is 44.1 Å². The van der Waals surface area contributed by atoms with Gasteiger partial charge in [0.25, 0.3) is 0 Å². The minimum atomic E-state index is -0.497. The number of hydrogen-bond acceptors (Lipinski definition) is 5. The van der Waals surface area contributed by atoms with E-state index in [-0.39, 0.29) is 18.2 Å². The maximum absolute atomic E-state index is 12.8. The van der Waals surface area contributed by atoms with Gasteiger partial charge in [0.1, 0.15) is 6.10 Å². The first-order valence-corrected chi connectivity index (χ1v) is 10.5. The van der Waals surface area contributed by atoms with Crippen LogP contribution in [0.25, 0.3) is 0 Å². The molecule has 3 unspecified atom stereocenters. The number of hydrogen-bond donors (Lipinski definition) is 2. The lowest BCUT2D eigenvalue weighted by Crippen LogP contribution is -2.58. The average molecular weight is 381 g/mol. The van der Waals surface area contributed by atoms with Gasteiger partial charge < -0.3 is 20.1 Å². The van der Waals surface area contributed by atoms with E-state index in [9.17, 15) is 9.90 Å². The highest BCUT2D eigenvalue weighted by Crippen LogP contribution is 2.56. The van der Waals surface area contributed by atoms with Crippen molar-refractivity contribution in [1.82, 2.24) is 4.90 Å². The molecule has 6 nitrogen and oxygen atoms in total. The van der Waals surface area contributed by atoms with Crippen molar-refractivity contribution < 1.29 is 14.6 Å². The van der Waals surface area contributed by atoms with Gasteiger partial charge in [-0.15, -0.1) is 0 Å². The van der Waals surface area contributed by atoms with E-state index in [2.05, 4.69) is 11.4 Å². The maximum Gasteiger partial charge on any atom is 0.410 e. The van der Waals surface area contributed by atoms with Crippen molar-refractivity contribution >= 4 is 11.8 Å². The van der Waals surface area contributed by atoms with E-state index >= 15 is 0 Å². The summed E-state index contributed by atoms with van der Waals surface area (Å²) < 4.78 is 6.00. The molecular weight excluding hydrogens is 354 g/mol. The van der Waals surface area contributed by atoms with Crippen molar-refractivity contribution in [3.05, 3.63) is 29.8 Å². The van der Waals surface area contributed by atoms with Gasteiger partial charge in [0.15, 0.2) is 0 Å². The van der Waals surface area contributed by atoms with Crippen LogP contribution in [0.15, 0.2) is 24.3 Å². The van der Waals surface area contributed by atoms with Crippen LogP contribution in [0.3, 0.4) is 0 Å². The summed E-state index contributed by atoms with van der Waals surface area (Å²) in [5, 5.41) is 23.0. The molecule has 6 heteroatoms. The number of amides is 1. The topological polar surface area (TPSA) is 85.6 Å². The molecule has 148 valence electrons. The van der Waals surface area contributed by atoms with E-state index in [0.29, 0.717) is 36.4 Å². The van der Waals surface area contributed by atoms with Crippen molar-refractivity contribution in [2.24, 2.45) is 17.8 Å². The summed E-state index contributed by atoms with van der Waals surface area (Å²) >= 11 is 0. The molecule has 2 N–H and O–H groups in total. The number of nitriles is 1. The van der Waals surface area contributed by atoms with E-state index in [4.69, 9.17) is 10.00 Å². The third-order valence-corrected chi connectivity index (χ3v) is 7.22. The van der Waals surface area contributed by atoms with Crippen LogP contribution >= 0.6 is 0 Å². The minimum Gasteiger partial charge on any atom is -0.446 e. The number of likely N-dealkylation sites (tertiary alicyclic amines) is 1. The zero-order valence-corrected chi connectivity index (χ0v) is 16.0. The second-order valence-electron chi connectivity index (χ2n) is 9.31. The van der Waals surface area contributed by atoms with Gasteiger partial charge in [0.05, 0.1) is 17.2 Å². The van der Waals surface area contributed by atoms with Gasteiger partial charge in [-0.05, 0) is 80.5 Å². The highest BCUT2D eigenvalue weighted by Gasteiger charge is 2.56. The number of nitrogens with zero attached hydrogens (tertiary/aromatic N) is 2. The lowest BCUT2D eigenvalue weighted by atomic mass is 9.53. The molecule has 5 fully saturated rings. The summed E-state index contributed by atoms with van der Waals surface area (Å²) in [4.78, 5) is 14.6. The van der Waals surface area contributed by atoms with Crippen molar-refractivity contribution in [2.45, 2.75) is 56.3 Å². The Kier molecular flexibility index (Phi) is 4.24. The molecule has 1 saturated heterocycles. The monoisotopic (exact) mass is 381 g/mol. The number of anilines is 1. The summed E-state index contributed by atoms with van der Waals surface area (Å²) in [5.74, 6) is 1.27. The fourth-order valence-electron chi connectivity index (χ4n) is 6.24. The van der Waals surface area contributed by atoms with Crippen molar-refractivity contribution in [1.29, 1.82) is 5.26 Å². The Bertz CT molecular complexity index is 786.